The Hall–Kier alpha value is -1.90. The van der Waals surface area contributed by atoms with Gasteiger partial charge < -0.3 is 23.4 Å². The molecule has 0 aliphatic carbocycles. The molecular weight excluding hydrogens is 611 g/mol. The number of nitrogens with zero attached hydrogens (tertiary/aromatic N) is 1. The fourth-order valence-corrected chi connectivity index (χ4v) is 6.07. The summed E-state index contributed by atoms with van der Waals surface area (Å²) in [6, 6.07) is 1.21. The predicted octanol–water partition coefficient (Wildman–Crippen LogP) is 5.15. The van der Waals surface area contributed by atoms with Gasteiger partial charge >= 0.3 is 19.3 Å². The number of carbonyl (C=O) groups excluding carboxylic acids is 1. The zero-order chi connectivity index (χ0) is 33.7. The van der Waals surface area contributed by atoms with Crippen LogP contribution in [0.5, 0.6) is 0 Å². The van der Waals surface area contributed by atoms with Crippen molar-refractivity contribution in [2.75, 3.05) is 27.3 Å². The minimum Gasteiger partial charge on any atom is -0.438 e. The van der Waals surface area contributed by atoms with Gasteiger partial charge in [-0.3, -0.25) is 32.8 Å². The number of aromatic amines is 1. The van der Waals surface area contributed by atoms with Gasteiger partial charge in [-0.2, -0.15) is 0 Å². The molecule has 0 aromatic carbocycles. The molecule has 0 amide bonds. The standard InChI is InChI=1S/C29H51N2O11PSi/c1-27(2,3)17-37-18-39-43(35,40-19-38-25(33)28(4,5)6)16-14-20-22(42-44(11,12)29(7,8)9)23(36-10)24(41-20)31-15-13-21(32)30-26(31)34/h13-16,20,22-24H,17-19H2,1-12H3,(H,30,32,34)/b16-14+/t20-,22?,23?,24-,43?/m1/s1. The second-order valence-corrected chi connectivity index (χ2v) is 21.2. The normalized spacial score (nSPS) is 23.2. The van der Waals surface area contributed by atoms with E-state index in [2.05, 4.69) is 38.8 Å². The van der Waals surface area contributed by atoms with Crippen molar-refractivity contribution in [1.29, 1.82) is 0 Å². The molecule has 15 heteroatoms. The summed E-state index contributed by atoms with van der Waals surface area (Å²) in [7, 11) is -5.04. The van der Waals surface area contributed by atoms with Gasteiger partial charge in [0.2, 0.25) is 6.79 Å². The molecule has 252 valence electrons. The first kappa shape index (κ1) is 38.3. The van der Waals surface area contributed by atoms with Crippen LogP contribution in [-0.2, 0) is 41.8 Å². The average molecular weight is 663 g/mol. The molecule has 13 nitrogen and oxygen atoms in total. The molecule has 5 atom stereocenters. The van der Waals surface area contributed by atoms with Crippen LogP contribution in [0.2, 0.25) is 18.1 Å². The highest BCUT2D eigenvalue weighted by Gasteiger charge is 2.51. The molecule has 2 rings (SSSR count). The molecular formula is C29H51N2O11PSi. The van der Waals surface area contributed by atoms with Gasteiger partial charge in [0.1, 0.15) is 18.3 Å². The van der Waals surface area contributed by atoms with E-state index in [0.717, 1.165) is 0 Å². The number of hydrogen-bond acceptors (Lipinski definition) is 11. The van der Waals surface area contributed by atoms with Gasteiger partial charge in [0.25, 0.3) is 5.56 Å². The quantitative estimate of drug-likeness (QED) is 0.0981. The largest absolute Gasteiger partial charge is 0.438 e. The molecule has 1 N–H and O–H groups in total. The number of carbonyl (C=O) groups is 1. The number of H-pyrrole nitrogens is 1. The van der Waals surface area contributed by atoms with Crippen molar-refractivity contribution >= 4 is 21.9 Å². The van der Waals surface area contributed by atoms with E-state index in [1.54, 1.807) is 20.8 Å². The highest BCUT2D eigenvalue weighted by atomic mass is 31.2. The average Bonchev–Trinajstić information content (AvgIpc) is 3.20. The van der Waals surface area contributed by atoms with Gasteiger partial charge in [0.15, 0.2) is 21.3 Å². The second-order valence-electron chi connectivity index (χ2n) is 14.5. The van der Waals surface area contributed by atoms with Crippen molar-refractivity contribution in [3.63, 3.8) is 0 Å². The third kappa shape index (κ3) is 10.9. The Balaban J connectivity index is 2.45. The highest BCUT2D eigenvalue weighted by Crippen LogP contribution is 2.51. The molecule has 1 aliphatic rings. The van der Waals surface area contributed by atoms with Gasteiger partial charge in [-0.1, -0.05) is 41.5 Å². The van der Waals surface area contributed by atoms with E-state index in [1.165, 1.54) is 35.8 Å². The Morgan fingerprint density at radius 3 is 2.18 bits per heavy atom. The van der Waals surface area contributed by atoms with E-state index in [-0.39, 0.29) is 17.2 Å². The van der Waals surface area contributed by atoms with Crippen LogP contribution in [0.3, 0.4) is 0 Å². The number of ether oxygens (including phenoxy) is 4. The van der Waals surface area contributed by atoms with E-state index in [4.69, 9.17) is 32.4 Å². The van der Waals surface area contributed by atoms with Gasteiger partial charge in [-0.05, 0) is 50.4 Å². The first-order chi connectivity index (χ1) is 20.0. The number of nitrogens with one attached hydrogen (secondary N) is 1. The van der Waals surface area contributed by atoms with E-state index in [9.17, 15) is 18.9 Å². The summed E-state index contributed by atoms with van der Waals surface area (Å²) in [5.41, 5.74) is -2.20. The topological polar surface area (TPSA) is 154 Å². The number of methoxy groups -OCH3 is 1. The number of aromatic nitrogens is 2. The number of hydrogen-bond donors (Lipinski definition) is 1. The Morgan fingerprint density at radius 2 is 1.66 bits per heavy atom. The van der Waals surface area contributed by atoms with Crippen molar-refractivity contribution in [1.82, 2.24) is 9.55 Å². The zero-order valence-corrected chi connectivity index (χ0v) is 30.0. The lowest BCUT2D eigenvalue weighted by molar-refractivity contribution is -0.160. The summed E-state index contributed by atoms with van der Waals surface area (Å²) >= 11 is 0. The van der Waals surface area contributed by atoms with E-state index in [0.29, 0.717) is 6.61 Å². The molecule has 0 bridgehead atoms. The zero-order valence-electron chi connectivity index (χ0n) is 28.1. The van der Waals surface area contributed by atoms with Crippen LogP contribution < -0.4 is 11.2 Å². The number of rotatable bonds is 13. The summed E-state index contributed by atoms with van der Waals surface area (Å²) < 4.78 is 55.6. The summed E-state index contributed by atoms with van der Waals surface area (Å²) in [5, 5.41) is -0.185. The maximum absolute atomic E-state index is 13.9. The molecule has 1 aliphatic heterocycles. The van der Waals surface area contributed by atoms with Gasteiger partial charge in [0, 0.05) is 25.2 Å². The van der Waals surface area contributed by atoms with Gasteiger partial charge in [0.05, 0.1) is 12.0 Å². The first-order valence-electron chi connectivity index (χ1n) is 14.5. The molecule has 0 radical (unpaired) electrons. The molecule has 3 unspecified atom stereocenters. The summed E-state index contributed by atoms with van der Waals surface area (Å²) in [6.07, 6.45) is -0.613. The van der Waals surface area contributed by atoms with Gasteiger partial charge in [-0.15, -0.1) is 0 Å². The molecule has 2 heterocycles. The van der Waals surface area contributed by atoms with Crippen molar-refractivity contribution in [2.45, 2.75) is 105 Å². The molecule has 1 aromatic heterocycles. The van der Waals surface area contributed by atoms with Crippen molar-refractivity contribution in [3.05, 3.63) is 45.0 Å². The van der Waals surface area contributed by atoms with E-state index < -0.39 is 69.9 Å². The lowest BCUT2D eigenvalue weighted by Crippen LogP contribution is -2.49. The third-order valence-electron chi connectivity index (χ3n) is 7.20. The van der Waals surface area contributed by atoms with E-state index >= 15 is 0 Å². The van der Waals surface area contributed by atoms with Gasteiger partial charge in [-0.25, -0.2) is 4.79 Å². The molecule has 0 spiro atoms. The predicted molar refractivity (Wildman–Crippen MR) is 168 cm³/mol. The molecule has 1 aromatic rings. The Morgan fingerprint density at radius 1 is 1.05 bits per heavy atom. The number of esters is 1. The monoisotopic (exact) mass is 662 g/mol. The van der Waals surface area contributed by atoms with Crippen LogP contribution in [0, 0.1) is 10.8 Å². The van der Waals surface area contributed by atoms with Crippen LogP contribution in [-0.4, -0.2) is 69.5 Å². The minimum atomic E-state index is -4.07. The highest BCUT2D eigenvalue weighted by molar-refractivity contribution is 7.57. The lowest BCUT2D eigenvalue weighted by atomic mass is 9.98. The van der Waals surface area contributed by atoms with Crippen molar-refractivity contribution < 1.29 is 41.8 Å². The van der Waals surface area contributed by atoms with Crippen LogP contribution in [0.1, 0.15) is 68.5 Å². The summed E-state index contributed by atoms with van der Waals surface area (Å²) in [5.74, 6) is 0.659. The maximum Gasteiger partial charge on any atom is 0.358 e. The van der Waals surface area contributed by atoms with Crippen molar-refractivity contribution in [2.24, 2.45) is 10.8 Å². The smallest absolute Gasteiger partial charge is 0.358 e. The molecule has 1 saturated heterocycles. The molecule has 1 fully saturated rings. The Kier molecular flexibility index (Phi) is 12.8. The molecule has 0 saturated carbocycles. The summed E-state index contributed by atoms with van der Waals surface area (Å²) in [4.78, 5) is 38.9. The second kappa shape index (κ2) is 14.7. The van der Waals surface area contributed by atoms with Crippen LogP contribution in [0.4, 0.5) is 0 Å². The molecule has 44 heavy (non-hydrogen) atoms. The lowest BCUT2D eigenvalue weighted by Gasteiger charge is -2.40. The van der Waals surface area contributed by atoms with Crippen LogP contribution in [0.15, 0.2) is 33.7 Å². The summed E-state index contributed by atoms with van der Waals surface area (Å²) in [6.45, 7) is 20.7. The fraction of sp³-hybridized carbons (Fsp3) is 0.759. The van der Waals surface area contributed by atoms with Crippen LogP contribution in [0.25, 0.3) is 0 Å². The van der Waals surface area contributed by atoms with Crippen LogP contribution >= 0.6 is 7.60 Å². The fourth-order valence-electron chi connectivity index (χ4n) is 3.72. The van der Waals surface area contributed by atoms with Crippen molar-refractivity contribution in [3.8, 4) is 0 Å². The Labute approximate surface area is 261 Å². The minimum absolute atomic E-state index is 0.164. The third-order valence-corrected chi connectivity index (χ3v) is 13.1. The van der Waals surface area contributed by atoms with E-state index in [1.807, 2.05) is 20.8 Å². The Bertz CT molecular complexity index is 1300. The first-order valence-corrected chi connectivity index (χ1v) is 19.0. The SMILES string of the molecule is COC1C(O[Si](C)(C)C(C)(C)C)[C@@H](/C=C/P(=O)(OCOCC(C)(C)C)OCOC(=O)C(C)(C)C)O[C@H]1n1ccc(=O)[nH]c1=O. The maximum atomic E-state index is 13.9.